The molecule has 0 saturated heterocycles. The van der Waals surface area contributed by atoms with E-state index in [-0.39, 0.29) is 13.4 Å². The Morgan fingerprint density at radius 1 is 0.368 bits per heavy atom. The van der Waals surface area contributed by atoms with Gasteiger partial charge in [-0.1, -0.05) is 132 Å². The minimum atomic E-state index is 0.0299. The van der Waals surface area contributed by atoms with Gasteiger partial charge >= 0.3 is 0 Å². The number of rotatable bonds is 2. The van der Waals surface area contributed by atoms with Crippen LogP contribution in [0.4, 0.5) is 0 Å². The number of para-hydroxylation sites is 2. The van der Waals surface area contributed by atoms with Crippen molar-refractivity contribution in [3.63, 3.8) is 0 Å². The molecule has 0 saturated carbocycles. The first kappa shape index (κ1) is 21.4. The molecule has 0 fully saturated rings. The van der Waals surface area contributed by atoms with Crippen molar-refractivity contribution >= 4 is 57.0 Å². The minimum absolute atomic E-state index is 0.0299. The summed E-state index contributed by atoms with van der Waals surface area (Å²) in [6, 6.07) is 47.0. The van der Waals surface area contributed by atoms with E-state index in [0.717, 1.165) is 33.9 Å². The smallest absolute Gasteiger partial charge is 0.251 e. The van der Waals surface area contributed by atoms with Crippen LogP contribution in [0.2, 0.25) is 0 Å². The van der Waals surface area contributed by atoms with Crippen LogP contribution >= 0.6 is 0 Å². The molecule has 0 radical (unpaired) electrons. The number of hydrogen-bond acceptors (Lipinski definition) is 2. The SMILES string of the molecule is c1ccc(B2c3ccccc3Oc3c4c(c5ccccc5c32)B(c2ccccc2)c2ccccc2O4)cc1. The quantitative estimate of drug-likeness (QED) is 0.345. The predicted octanol–water partition coefficient (Wildman–Crippen LogP) is 4.08. The fourth-order valence-corrected chi connectivity index (χ4v) is 6.36. The van der Waals surface area contributed by atoms with E-state index in [4.69, 9.17) is 9.47 Å². The maximum absolute atomic E-state index is 6.81. The van der Waals surface area contributed by atoms with Crippen LogP contribution < -0.4 is 42.3 Å². The van der Waals surface area contributed by atoms with Crippen molar-refractivity contribution in [1.29, 1.82) is 0 Å². The third-order valence-corrected chi connectivity index (χ3v) is 7.93. The van der Waals surface area contributed by atoms with Gasteiger partial charge in [-0.2, -0.15) is 0 Å². The van der Waals surface area contributed by atoms with Crippen LogP contribution in [0.3, 0.4) is 0 Å². The lowest BCUT2D eigenvalue weighted by Gasteiger charge is -2.34. The molecule has 0 atom stereocenters. The highest BCUT2D eigenvalue weighted by molar-refractivity contribution is 7.01. The van der Waals surface area contributed by atoms with Crippen molar-refractivity contribution in [1.82, 2.24) is 0 Å². The van der Waals surface area contributed by atoms with E-state index in [9.17, 15) is 0 Å². The van der Waals surface area contributed by atoms with Crippen molar-refractivity contribution in [3.05, 3.63) is 133 Å². The highest BCUT2D eigenvalue weighted by Crippen LogP contribution is 2.40. The number of ether oxygens (including phenoxy) is 2. The average molecular weight is 484 g/mol. The summed E-state index contributed by atoms with van der Waals surface area (Å²) in [4.78, 5) is 0. The first-order valence-electron chi connectivity index (χ1n) is 13.1. The van der Waals surface area contributed by atoms with Crippen LogP contribution in [0, 0.1) is 0 Å². The Bertz CT molecular complexity index is 1700. The number of fused-ring (bicyclic) bond motifs is 8. The van der Waals surface area contributed by atoms with E-state index in [1.165, 1.54) is 32.6 Å². The summed E-state index contributed by atoms with van der Waals surface area (Å²) < 4.78 is 13.6. The van der Waals surface area contributed by atoms with Crippen molar-refractivity contribution in [3.8, 4) is 23.0 Å². The zero-order valence-electron chi connectivity index (χ0n) is 20.7. The lowest BCUT2D eigenvalue weighted by molar-refractivity contribution is 0.425. The molecule has 0 aliphatic carbocycles. The van der Waals surface area contributed by atoms with Gasteiger partial charge in [0, 0.05) is 0 Å². The summed E-state index contributed by atoms with van der Waals surface area (Å²) in [5.74, 6) is 3.40. The Balaban J connectivity index is 1.51. The van der Waals surface area contributed by atoms with E-state index in [0.29, 0.717) is 0 Å². The Morgan fingerprint density at radius 2 is 0.737 bits per heavy atom. The van der Waals surface area contributed by atoms with Crippen LogP contribution in [-0.2, 0) is 0 Å². The monoisotopic (exact) mass is 484 g/mol. The first-order valence-corrected chi connectivity index (χ1v) is 13.1. The second kappa shape index (κ2) is 8.43. The summed E-state index contributed by atoms with van der Waals surface area (Å²) in [6.07, 6.45) is 0. The summed E-state index contributed by atoms with van der Waals surface area (Å²) in [7, 11) is 0. The molecule has 0 bridgehead atoms. The van der Waals surface area contributed by atoms with Crippen LogP contribution in [0.1, 0.15) is 0 Å². The molecule has 2 aliphatic rings. The van der Waals surface area contributed by atoms with Gasteiger partial charge in [0.15, 0.2) is 11.5 Å². The minimum Gasteiger partial charge on any atom is -0.455 e. The Kier molecular flexibility index (Phi) is 4.75. The standard InChI is InChI=1S/C34H22B2O2/c1-3-13-23(14-4-1)35-27-19-9-11-21-29(27)37-33-31(35)25-17-7-8-18-26(25)32-34(33)38-30-22-12-10-20-28(30)36(32)24-15-5-2-6-16-24/h1-22H. The largest absolute Gasteiger partial charge is 0.455 e. The van der Waals surface area contributed by atoms with Crippen molar-refractivity contribution in [2.45, 2.75) is 0 Å². The molecule has 6 aromatic rings. The molecule has 0 amide bonds. The van der Waals surface area contributed by atoms with Gasteiger partial charge in [0.05, 0.1) is 0 Å². The molecule has 2 nitrogen and oxygen atoms in total. The Labute approximate surface area is 222 Å². The molecule has 2 aliphatic heterocycles. The number of hydrogen-bond donors (Lipinski definition) is 0. The molecule has 6 aromatic carbocycles. The fourth-order valence-electron chi connectivity index (χ4n) is 6.36. The maximum Gasteiger partial charge on any atom is 0.251 e. The predicted molar refractivity (Wildman–Crippen MR) is 159 cm³/mol. The molecular weight excluding hydrogens is 462 g/mol. The van der Waals surface area contributed by atoms with E-state index >= 15 is 0 Å². The third-order valence-electron chi connectivity index (χ3n) is 7.93. The van der Waals surface area contributed by atoms with Gasteiger partial charge in [-0.3, -0.25) is 0 Å². The summed E-state index contributed by atoms with van der Waals surface area (Å²) in [5, 5.41) is 2.40. The van der Waals surface area contributed by atoms with Crippen LogP contribution in [-0.4, -0.2) is 13.4 Å². The van der Waals surface area contributed by atoms with E-state index < -0.39 is 0 Å². The van der Waals surface area contributed by atoms with Gasteiger partial charge in [0.1, 0.15) is 11.5 Å². The Morgan fingerprint density at radius 3 is 1.18 bits per heavy atom. The summed E-state index contributed by atoms with van der Waals surface area (Å²) >= 11 is 0. The Hall–Kier alpha value is -4.69. The van der Waals surface area contributed by atoms with Crippen LogP contribution in [0.15, 0.2) is 133 Å². The molecule has 0 N–H and O–H groups in total. The molecular formula is C34H22B2O2. The molecule has 38 heavy (non-hydrogen) atoms. The van der Waals surface area contributed by atoms with Crippen molar-refractivity contribution in [2.24, 2.45) is 0 Å². The number of benzene rings is 6. The van der Waals surface area contributed by atoms with Gasteiger partial charge in [-0.05, 0) is 44.8 Å². The molecule has 0 aromatic heterocycles. The van der Waals surface area contributed by atoms with E-state index in [1.807, 2.05) is 12.1 Å². The zero-order valence-corrected chi connectivity index (χ0v) is 20.7. The average Bonchev–Trinajstić information content (AvgIpc) is 3.00. The molecule has 0 spiro atoms. The highest BCUT2D eigenvalue weighted by atomic mass is 16.5. The van der Waals surface area contributed by atoms with Gasteiger partial charge in [0.25, 0.3) is 13.4 Å². The summed E-state index contributed by atoms with van der Waals surface area (Å²) in [6.45, 7) is 0.0598. The van der Waals surface area contributed by atoms with Gasteiger partial charge in [-0.15, -0.1) is 0 Å². The highest BCUT2D eigenvalue weighted by Gasteiger charge is 2.42. The molecule has 176 valence electrons. The maximum atomic E-state index is 6.81. The second-order valence-corrected chi connectivity index (χ2v) is 10.00. The van der Waals surface area contributed by atoms with Crippen molar-refractivity contribution < 1.29 is 9.47 Å². The first-order chi connectivity index (χ1) is 18.9. The molecule has 0 unspecified atom stereocenters. The topological polar surface area (TPSA) is 18.5 Å². The lowest BCUT2D eigenvalue weighted by atomic mass is 9.32. The normalized spacial score (nSPS) is 13.1. The molecule has 2 heterocycles. The summed E-state index contributed by atoms with van der Waals surface area (Å²) in [5.41, 5.74) is 7.15. The zero-order chi connectivity index (χ0) is 25.1. The third kappa shape index (κ3) is 3.10. The van der Waals surface area contributed by atoms with Gasteiger partial charge in [0.2, 0.25) is 0 Å². The van der Waals surface area contributed by atoms with Gasteiger partial charge in [-0.25, -0.2) is 0 Å². The fraction of sp³-hybridized carbons (Fsp3) is 0. The van der Waals surface area contributed by atoms with Crippen LogP contribution in [0.5, 0.6) is 23.0 Å². The van der Waals surface area contributed by atoms with Crippen LogP contribution in [0.25, 0.3) is 10.8 Å². The van der Waals surface area contributed by atoms with Crippen molar-refractivity contribution in [2.75, 3.05) is 0 Å². The lowest BCUT2D eigenvalue weighted by Crippen LogP contribution is -2.58. The molecule has 4 heteroatoms. The molecule has 8 rings (SSSR count). The van der Waals surface area contributed by atoms with Gasteiger partial charge < -0.3 is 9.47 Å². The van der Waals surface area contributed by atoms with E-state index in [1.54, 1.807) is 0 Å². The second-order valence-electron chi connectivity index (χ2n) is 10.00. The van der Waals surface area contributed by atoms with E-state index in [2.05, 4.69) is 121 Å².